The Balaban J connectivity index is 2.55. The van der Waals surface area contributed by atoms with Gasteiger partial charge in [-0.25, -0.2) is 0 Å². The standard InChI is InChI=1S/C12H24O3Si/c1-9(15-16(2,3)4)12(14)10-7-5-6-8-11(10)13/h9-10,12,14H,5-8H2,1-4H3/t9-,10+,12-/m1/s1. The summed E-state index contributed by atoms with van der Waals surface area (Å²) in [6, 6.07) is 0. The Morgan fingerprint density at radius 2 is 2.00 bits per heavy atom. The highest BCUT2D eigenvalue weighted by Crippen LogP contribution is 2.26. The number of Topliss-reactive ketones (excluding diaryl/α,β-unsaturated/α-hetero) is 1. The zero-order chi connectivity index (χ0) is 12.3. The van der Waals surface area contributed by atoms with Crippen molar-refractivity contribution < 1.29 is 14.3 Å². The zero-order valence-corrected chi connectivity index (χ0v) is 11.8. The zero-order valence-electron chi connectivity index (χ0n) is 10.8. The van der Waals surface area contributed by atoms with E-state index in [1.807, 2.05) is 6.92 Å². The van der Waals surface area contributed by atoms with Gasteiger partial charge in [0.2, 0.25) is 0 Å². The molecule has 1 aliphatic rings. The molecule has 16 heavy (non-hydrogen) atoms. The number of hydrogen-bond donors (Lipinski definition) is 1. The lowest BCUT2D eigenvalue weighted by atomic mass is 9.82. The molecule has 1 aliphatic carbocycles. The first-order valence-electron chi connectivity index (χ1n) is 6.20. The number of hydrogen-bond acceptors (Lipinski definition) is 3. The van der Waals surface area contributed by atoms with E-state index in [-0.39, 0.29) is 17.8 Å². The quantitative estimate of drug-likeness (QED) is 0.772. The molecule has 0 spiro atoms. The molecule has 94 valence electrons. The van der Waals surface area contributed by atoms with Gasteiger partial charge in [0.1, 0.15) is 5.78 Å². The Hall–Kier alpha value is -0.193. The highest BCUT2D eigenvalue weighted by molar-refractivity contribution is 6.69. The summed E-state index contributed by atoms with van der Waals surface area (Å²) in [7, 11) is -1.64. The van der Waals surface area contributed by atoms with Gasteiger partial charge in [-0.2, -0.15) is 0 Å². The summed E-state index contributed by atoms with van der Waals surface area (Å²) in [6.07, 6.45) is 2.62. The van der Waals surface area contributed by atoms with E-state index in [9.17, 15) is 9.90 Å². The summed E-state index contributed by atoms with van der Waals surface area (Å²) in [4.78, 5) is 11.7. The molecular weight excluding hydrogens is 220 g/mol. The summed E-state index contributed by atoms with van der Waals surface area (Å²) in [5, 5.41) is 10.2. The molecule has 3 nitrogen and oxygen atoms in total. The van der Waals surface area contributed by atoms with Crippen LogP contribution in [0.2, 0.25) is 19.6 Å². The van der Waals surface area contributed by atoms with E-state index in [4.69, 9.17) is 4.43 Å². The van der Waals surface area contributed by atoms with Crippen molar-refractivity contribution in [3.63, 3.8) is 0 Å². The van der Waals surface area contributed by atoms with Crippen molar-refractivity contribution in [2.75, 3.05) is 0 Å². The predicted octanol–water partition coefficient (Wildman–Crippen LogP) is 2.35. The molecule has 0 saturated heterocycles. The van der Waals surface area contributed by atoms with Crippen molar-refractivity contribution in [2.24, 2.45) is 5.92 Å². The molecule has 0 bridgehead atoms. The summed E-state index contributed by atoms with van der Waals surface area (Å²) in [6.45, 7) is 8.17. The minimum absolute atomic E-state index is 0.194. The van der Waals surface area contributed by atoms with Crippen LogP contribution in [-0.4, -0.2) is 31.4 Å². The molecule has 0 aliphatic heterocycles. The van der Waals surface area contributed by atoms with Gasteiger partial charge in [0, 0.05) is 12.3 Å². The highest BCUT2D eigenvalue weighted by Gasteiger charge is 2.34. The van der Waals surface area contributed by atoms with Crippen LogP contribution in [0.15, 0.2) is 0 Å². The average molecular weight is 244 g/mol. The molecule has 0 heterocycles. The summed E-state index contributed by atoms with van der Waals surface area (Å²) in [5.74, 6) is 0.0184. The fourth-order valence-electron chi connectivity index (χ4n) is 2.33. The Kier molecular flexibility index (Phi) is 4.70. The Bertz CT molecular complexity index is 247. The molecule has 4 heteroatoms. The molecule has 0 aromatic carbocycles. The maximum absolute atomic E-state index is 11.7. The lowest BCUT2D eigenvalue weighted by Crippen LogP contribution is -2.43. The predicted molar refractivity (Wildman–Crippen MR) is 66.9 cm³/mol. The first-order chi connectivity index (χ1) is 7.31. The van der Waals surface area contributed by atoms with E-state index in [1.165, 1.54) is 0 Å². The maximum atomic E-state index is 11.7. The van der Waals surface area contributed by atoms with Crippen LogP contribution < -0.4 is 0 Å². The van der Waals surface area contributed by atoms with Crippen LogP contribution in [0.25, 0.3) is 0 Å². The third-order valence-electron chi connectivity index (χ3n) is 3.03. The minimum Gasteiger partial charge on any atom is -0.412 e. The fraction of sp³-hybridized carbons (Fsp3) is 0.917. The Morgan fingerprint density at radius 3 is 2.50 bits per heavy atom. The van der Waals surface area contributed by atoms with Crippen molar-refractivity contribution >= 4 is 14.1 Å². The largest absolute Gasteiger partial charge is 0.412 e. The average Bonchev–Trinajstić information content (AvgIpc) is 2.15. The molecule has 0 unspecified atom stereocenters. The molecule has 0 amide bonds. The van der Waals surface area contributed by atoms with Crippen LogP contribution in [0.1, 0.15) is 32.6 Å². The first-order valence-corrected chi connectivity index (χ1v) is 9.60. The van der Waals surface area contributed by atoms with Crippen LogP contribution in [-0.2, 0) is 9.22 Å². The third-order valence-corrected chi connectivity index (χ3v) is 4.11. The van der Waals surface area contributed by atoms with Gasteiger partial charge < -0.3 is 9.53 Å². The van der Waals surface area contributed by atoms with Crippen molar-refractivity contribution in [2.45, 2.75) is 64.5 Å². The molecule has 0 aromatic rings. The van der Waals surface area contributed by atoms with Gasteiger partial charge >= 0.3 is 0 Å². The van der Waals surface area contributed by atoms with E-state index in [0.717, 1.165) is 19.3 Å². The van der Waals surface area contributed by atoms with E-state index in [1.54, 1.807) is 0 Å². The molecule has 0 radical (unpaired) electrons. The molecular formula is C12H24O3Si. The second-order valence-electron chi connectivity index (χ2n) is 5.74. The lowest BCUT2D eigenvalue weighted by Gasteiger charge is -2.32. The number of rotatable bonds is 4. The van der Waals surface area contributed by atoms with E-state index >= 15 is 0 Å². The van der Waals surface area contributed by atoms with Gasteiger partial charge in [-0.3, -0.25) is 4.79 Å². The summed E-state index contributed by atoms with van der Waals surface area (Å²) >= 11 is 0. The van der Waals surface area contributed by atoms with E-state index < -0.39 is 14.4 Å². The minimum atomic E-state index is -1.64. The summed E-state index contributed by atoms with van der Waals surface area (Å²) < 4.78 is 5.84. The van der Waals surface area contributed by atoms with Gasteiger partial charge in [-0.15, -0.1) is 0 Å². The van der Waals surface area contributed by atoms with Crippen LogP contribution in [0, 0.1) is 5.92 Å². The van der Waals surface area contributed by atoms with Crippen molar-refractivity contribution in [1.82, 2.24) is 0 Å². The maximum Gasteiger partial charge on any atom is 0.184 e. The van der Waals surface area contributed by atoms with Crippen molar-refractivity contribution in [3.8, 4) is 0 Å². The number of aliphatic hydroxyl groups is 1. The highest BCUT2D eigenvalue weighted by atomic mass is 28.4. The molecule has 1 saturated carbocycles. The summed E-state index contributed by atoms with van der Waals surface area (Å²) in [5.41, 5.74) is 0. The monoisotopic (exact) mass is 244 g/mol. The number of ketones is 1. The topological polar surface area (TPSA) is 46.5 Å². The first kappa shape index (κ1) is 13.9. The van der Waals surface area contributed by atoms with Crippen LogP contribution in [0.5, 0.6) is 0 Å². The van der Waals surface area contributed by atoms with Crippen LogP contribution >= 0.6 is 0 Å². The molecule has 3 atom stereocenters. The smallest absolute Gasteiger partial charge is 0.184 e. The van der Waals surface area contributed by atoms with E-state index in [0.29, 0.717) is 6.42 Å². The lowest BCUT2D eigenvalue weighted by molar-refractivity contribution is -0.131. The van der Waals surface area contributed by atoms with Gasteiger partial charge in [0.05, 0.1) is 12.2 Å². The second-order valence-corrected chi connectivity index (χ2v) is 10.2. The molecule has 1 fully saturated rings. The van der Waals surface area contributed by atoms with Crippen molar-refractivity contribution in [1.29, 1.82) is 0 Å². The Labute approximate surface area is 99.3 Å². The van der Waals surface area contributed by atoms with E-state index in [2.05, 4.69) is 19.6 Å². The van der Waals surface area contributed by atoms with Crippen LogP contribution in [0.4, 0.5) is 0 Å². The van der Waals surface area contributed by atoms with Gasteiger partial charge in [-0.05, 0) is 39.4 Å². The third kappa shape index (κ3) is 4.00. The number of carbonyl (C=O) groups is 1. The van der Waals surface area contributed by atoms with Crippen LogP contribution in [0.3, 0.4) is 0 Å². The molecule has 1 rings (SSSR count). The SMILES string of the molecule is C[C@@H](O[Si](C)(C)C)[C@@H](O)[C@H]1CCCCC1=O. The number of aliphatic hydroxyl groups excluding tert-OH is 1. The fourth-order valence-corrected chi connectivity index (χ4v) is 3.58. The van der Waals surface area contributed by atoms with Gasteiger partial charge in [0.25, 0.3) is 0 Å². The second kappa shape index (κ2) is 5.43. The number of carbonyl (C=O) groups excluding carboxylic acids is 1. The van der Waals surface area contributed by atoms with Gasteiger partial charge in [-0.1, -0.05) is 6.42 Å². The molecule has 1 N–H and O–H groups in total. The van der Waals surface area contributed by atoms with Gasteiger partial charge in [0.15, 0.2) is 8.32 Å². The van der Waals surface area contributed by atoms with Crippen molar-refractivity contribution in [3.05, 3.63) is 0 Å². The molecule has 0 aromatic heterocycles. The Morgan fingerprint density at radius 1 is 1.38 bits per heavy atom. The normalized spacial score (nSPS) is 26.6.